The molecule has 1 amide bonds. The molecule has 2 aromatic rings. The summed E-state index contributed by atoms with van der Waals surface area (Å²) in [6.45, 7) is 0.642. The van der Waals surface area contributed by atoms with Gasteiger partial charge in [0.1, 0.15) is 4.88 Å². The maximum absolute atomic E-state index is 12.0. The number of halogens is 1. The highest BCUT2D eigenvalue weighted by molar-refractivity contribution is 7.99. The minimum absolute atomic E-state index is 0.0175. The van der Waals surface area contributed by atoms with Crippen molar-refractivity contribution < 1.29 is 4.79 Å². The zero-order valence-electron chi connectivity index (χ0n) is 11.3. The molecular formula is C15H15ClN2OS2. The Hall–Kier alpha value is -1.04. The second-order valence-corrected chi connectivity index (χ2v) is 7.56. The molecule has 1 fully saturated rings. The van der Waals surface area contributed by atoms with Crippen molar-refractivity contribution in [1.29, 1.82) is 0 Å². The first kappa shape index (κ1) is 14.9. The normalized spacial score (nSPS) is 14.1. The summed E-state index contributed by atoms with van der Waals surface area (Å²) in [5.74, 6) is 1.43. The molecule has 0 saturated heterocycles. The van der Waals surface area contributed by atoms with Gasteiger partial charge in [0.05, 0.1) is 11.2 Å². The molecule has 0 aliphatic heterocycles. The third-order valence-electron chi connectivity index (χ3n) is 3.14. The van der Waals surface area contributed by atoms with E-state index in [1.807, 2.05) is 24.3 Å². The Kier molecular flexibility index (Phi) is 4.83. The molecule has 3 nitrogen and oxygen atoms in total. The number of carbonyl (C=O) groups excluding carboxylic acids is 1. The highest BCUT2D eigenvalue weighted by atomic mass is 35.5. The number of benzene rings is 1. The molecule has 1 aromatic carbocycles. The van der Waals surface area contributed by atoms with Gasteiger partial charge in [0.15, 0.2) is 0 Å². The van der Waals surface area contributed by atoms with Crippen molar-refractivity contribution in [2.75, 3.05) is 12.3 Å². The molecular weight excluding hydrogens is 324 g/mol. The first-order chi connectivity index (χ1) is 10.2. The minimum Gasteiger partial charge on any atom is -0.350 e. The van der Waals surface area contributed by atoms with Crippen LogP contribution in [0.1, 0.15) is 33.4 Å². The number of hydrogen-bond acceptors (Lipinski definition) is 4. The van der Waals surface area contributed by atoms with Crippen LogP contribution in [-0.2, 0) is 0 Å². The van der Waals surface area contributed by atoms with E-state index in [9.17, 15) is 4.79 Å². The first-order valence-electron chi connectivity index (χ1n) is 6.84. The zero-order chi connectivity index (χ0) is 14.7. The van der Waals surface area contributed by atoms with Crippen LogP contribution in [-0.4, -0.2) is 23.2 Å². The van der Waals surface area contributed by atoms with Gasteiger partial charge >= 0.3 is 0 Å². The third-order valence-corrected chi connectivity index (χ3v) is 5.57. The highest BCUT2D eigenvalue weighted by Crippen LogP contribution is 2.41. The summed E-state index contributed by atoms with van der Waals surface area (Å²) in [4.78, 5) is 18.2. The number of aromatic nitrogens is 1. The molecule has 1 aromatic heterocycles. The number of nitrogens with zero attached hydrogens (tertiary/aromatic N) is 1. The van der Waals surface area contributed by atoms with E-state index >= 15 is 0 Å². The molecule has 6 heteroatoms. The van der Waals surface area contributed by atoms with Gasteiger partial charge < -0.3 is 5.32 Å². The molecule has 0 atom stereocenters. The molecule has 1 heterocycles. The second kappa shape index (κ2) is 6.81. The maximum Gasteiger partial charge on any atom is 0.263 e. The Morgan fingerprint density at radius 3 is 2.86 bits per heavy atom. The Bertz CT molecular complexity index is 623. The summed E-state index contributed by atoms with van der Waals surface area (Å²) in [6.07, 6.45) is 4.12. The number of carbonyl (C=O) groups is 1. The number of nitrogens with one attached hydrogen (secondary N) is 1. The average molecular weight is 339 g/mol. The zero-order valence-corrected chi connectivity index (χ0v) is 13.7. The van der Waals surface area contributed by atoms with E-state index in [-0.39, 0.29) is 5.91 Å². The lowest BCUT2D eigenvalue weighted by atomic mass is 10.4. The standard InChI is InChI=1S/C15H15ClN2OS2/c16-11-3-5-12(6-4-11)20-8-7-17-14(19)13-9-18-15(21-13)10-1-2-10/h3-6,9-10H,1-2,7-8H2,(H,17,19). The summed E-state index contributed by atoms with van der Waals surface area (Å²) in [6, 6.07) is 7.72. The fraction of sp³-hybridized carbons (Fsp3) is 0.333. The van der Waals surface area contributed by atoms with Crippen LogP contribution in [0.4, 0.5) is 0 Å². The largest absolute Gasteiger partial charge is 0.350 e. The van der Waals surface area contributed by atoms with Gasteiger partial charge in [-0.1, -0.05) is 11.6 Å². The van der Waals surface area contributed by atoms with Crippen molar-refractivity contribution in [3.05, 3.63) is 45.4 Å². The van der Waals surface area contributed by atoms with Gasteiger partial charge in [0.25, 0.3) is 5.91 Å². The quantitative estimate of drug-likeness (QED) is 0.634. The topological polar surface area (TPSA) is 42.0 Å². The second-order valence-electron chi connectivity index (χ2n) is 4.90. The summed E-state index contributed by atoms with van der Waals surface area (Å²) < 4.78 is 0. The van der Waals surface area contributed by atoms with Crippen LogP contribution < -0.4 is 5.32 Å². The van der Waals surface area contributed by atoms with E-state index in [0.717, 1.165) is 20.7 Å². The van der Waals surface area contributed by atoms with Gasteiger partial charge in [-0.15, -0.1) is 23.1 Å². The van der Waals surface area contributed by atoms with Crippen LogP contribution in [0.2, 0.25) is 5.02 Å². The molecule has 1 aliphatic rings. The predicted octanol–water partition coefficient (Wildman–Crippen LogP) is 4.20. The van der Waals surface area contributed by atoms with Crippen LogP contribution in [0.25, 0.3) is 0 Å². The van der Waals surface area contributed by atoms with Crippen LogP contribution in [0.15, 0.2) is 35.4 Å². The van der Waals surface area contributed by atoms with Crippen LogP contribution in [0.3, 0.4) is 0 Å². The van der Waals surface area contributed by atoms with Gasteiger partial charge in [-0.3, -0.25) is 4.79 Å². The lowest BCUT2D eigenvalue weighted by molar-refractivity contribution is 0.0960. The van der Waals surface area contributed by atoms with Gasteiger partial charge in [-0.25, -0.2) is 4.98 Å². The minimum atomic E-state index is -0.0175. The van der Waals surface area contributed by atoms with Crippen molar-refractivity contribution in [1.82, 2.24) is 10.3 Å². The predicted molar refractivity (Wildman–Crippen MR) is 88.6 cm³/mol. The summed E-state index contributed by atoms with van der Waals surface area (Å²) >= 11 is 9.06. The van der Waals surface area contributed by atoms with E-state index < -0.39 is 0 Å². The van der Waals surface area contributed by atoms with Crippen LogP contribution >= 0.6 is 34.7 Å². The molecule has 0 bridgehead atoms. The smallest absolute Gasteiger partial charge is 0.263 e. The van der Waals surface area contributed by atoms with Gasteiger partial charge in [0.2, 0.25) is 0 Å². The number of amides is 1. The van der Waals surface area contributed by atoms with Crippen LogP contribution in [0.5, 0.6) is 0 Å². The van der Waals surface area contributed by atoms with E-state index in [1.54, 1.807) is 18.0 Å². The Morgan fingerprint density at radius 1 is 1.38 bits per heavy atom. The number of hydrogen-bond donors (Lipinski definition) is 1. The highest BCUT2D eigenvalue weighted by Gasteiger charge is 2.27. The fourth-order valence-electron chi connectivity index (χ4n) is 1.86. The Balaban J connectivity index is 1.41. The molecule has 0 spiro atoms. The van der Waals surface area contributed by atoms with E-state index in [2.05, 4.69) is 10.3 Å². The van der Waals surface area contributed by atoms with E-state index in [0.29, 0.717) is 17.3 Å². The first-order valence-corrected chi connectivity index (χ1v) is 9.02. The monoisotopic (exact) mass is 338 g/mol. The fourth-order valence-corrected chi connectivity index (χ4v) is 3.76. The summed E-state index contributed by atoms with van der Waals surface area (Å²) in [7, 11) is 0. The Morgan fingerprint density at radius 2 is 2.14 bits per heavy atom. The summed E-state index contributed by atoms with van der Waals surface area (Å²) in [5, 5.41) is 4.79. The van der Waals surface area contributed by atoms with Crippen molar-refractivity contribution in [2.45, 2.75) is 23.7 Å². The number of thioether (sulfide) groups is 1. The molecule has 21 heavy (non-hydrogen) atoms. The molecule has 110 valence electrons. The number of rotatable bonds is 6. The van der Waals surface area contributed by atoms with E-state index in [1.165, 1.54) is 24.2 Å². The van der Waals surface area contributed by atoms with Gasteiger partial charge in [-0.2, -0.15) is 0 Å². The van der Waals surface area contributed by atoms with E-state index in [4.69, 9.17) is 11.6 Å². The molecule has 1 saturated carbocycles. The lowest BCUT2D eigenvalue weighted by Crippen LogP contribution is -2.24. The maximum atomic E-state index is 12.0. The lowest BCUT2D eigenvalue weighted by Gasteiger charge is -2.03. The molecule has 1 aliphatic carbocycles. The molecule has 0 radical (unpaired) electrons. The van der Waals surface area contributed by atoms with Crippen molar-refractivity contribution >= 4 is 40.6 Å². The molecule has 0 unspecified atom stereocenters. The Labute approximate surface area is 137 Å². The molecule has 3 rings (SSSR count). The van der Waals surface area contributed by atoms with Gasteiger partial charge in [0, 0.05) is 28.1 Å². The van der Waals surface area contributed by atoms with Crippen molar-refractivity contribution in [3.63, 3.8) is 0 Å². The third kappa shape index (κ3) is 4.22. The van der Waals surface area contributed by atoms with Crippen LogP contribution in [0, 0.1) is 0 Å². The average Bonchev–Trinajstić information content (AvgIpc) is 3.22. The SMILES string of the molecule is O=C(NCCSc1ccc(Cl)cc1)c1cnc(C2CC2)s1. The van der Waals surface area contributed by atoms with Crippen molar-refractivity contribution in [3.8, 4) is 0 Å². The van der Waals surface area contributed by atoms with Gasteiger partial charge in [-0.05, 0) is 37.1 Å². The summed E-state index contributed by atoms with van der Waals surface area (Å²) in [5.41, 5.74) is 0. The van der Waals surface area contributed by atoms with Crippen molar-refractivity contribution in [2.24, 2.45) is 0 Å². The molecule has 1 N–H and O–H groups in total. The number of thiazole rings is 1.